The normalized spacial score (nSPS) is 10.3. The highest BCUT2D eigenvalue weighted by atomic mass is 79.9. The van der Waals surface area contributed by atoms with Crippen molar-refractivity contribution in [3.63, 3.8) is 0 Å². The Kier molecular flexibility index (Phi) is 5.22. The Hall–Kier alpha value is -2.01. The number of rotatable bonds is 5. The summed E-state index contributed by atoms with van der Waals surface area (Å²) in [6, 6.07) is 13.8. The van der Waals surface area contributed by atoms with Crippen molar-refractivity contribution >= 4 is 21.8 Å². The van der Waals surface area contributed by atoms with Crippen LogP contribution in [0.1, 0.15) is 15.9 Å². The summed E-state index contributed by atoms with van der Waals surface area (Å²) in [5, 5.41) is 19.5. The molecule has 0 unspecified atom stereocenters. The van der Waals surface area contributed by atoms with Crippen LogP contribution in [0, 0.1) is 0 Å². The Morgan fingerprint density at radius 2 is 1.76 bits per heavy atom. The molecule has 0 aliphatic rings. The zero-order valence-corrected chi connectivity index (χ0v) is 13.0. The van der Waals surface area contributed by atoms with Crippen molar-refractivity contribution in [1.29, 1.82) is 0 Å². The van der Waals surface area contributed by atoms with Crippen LogP contribution in [0.15, 0.2) is 48.5 Å². The van der Waals surface area contributed by atoms with E-state index < -0.39 is 0 Å². The molecule has 0 heterocycles. The number of aromatic hydroxyl groups is 2. The third-order valence-corrected chi connectivity index (χ3v) is 3.43. The van der Waals surface area contributed by atoms with E-state index in [-0.39, 0.29) is 17.4 Å². The first-order valence-electron chi connectivity index (χ1n) is 6.53. The zero-order chi connectivity index (χ0) is 15.2. The fourth-order valence-electron chi connectivity index (χ4n) is 2.00. The lowest BCUT2D eigenvalue weighted by atomic mass is 10.1. The summed E-state index contributed by atoms with van der Waals surface area (Å²) >= 11 is 3.35. The smallest absolute Gasteiger partial charge is 0.254 e. The van der Waals surface area contributed by atoms with Gasteiger partial charge in [-0.2, -0.15) is 0 Å². The number of alkyl halides is 1. The molecular formula is C16H16BrNO3. The lowest BCUT2D eigenvalue weighted by Gasteiger charge is -2.22. The highest BCUT2D eigenvalue weighted by molar-refractivity contribution is 9.09. The second-order valence-electron chi connectivity index (χ2n) is 4.60. The van der Waals surface area contributed by atoms with E-state index in [1.54, 1.807) is 4.90 Å². The van der Waals surface area contributed by atoms with Gasteiger partial charge in [0.1, 0.15) is 0 Å². The predicted octanol–water partition coefficient (Wildman–Crippen LogP) is 3.14. The molecule has 0 aliphatic heterocycles. The van der Waals surface area contributed by atoms with Gasteiger partial charge in [-0.15, -0.1) is 0 Å². The number of amides is 1. The number of carbonyl (C=O) groups is 1. The third kappa shape index (κ3) is 3.98. The molecule has 21 heavy (non-hydrogen) atoms. The second-order valence-corrected chi connectivity index (χ2v) is 5.40. The minimum atomic E-state index is -0.292. The van der Waals surface area contributed by atoms with Gasteiger partial charge in [0.15, 0.2) is 11.5 Å². The molecule has 0 saturated carbocycles. The van der Waals surface area contributed by atoms with E-state index in [0.717, 1.165) is 5.56 Å². The summed E-state index contributed by atoms with van der Waals surface area (Å²) in [7, 11) is 0. The Morgan fingerprint density at radius 3 is 2.38 bits per heavy atom. The minimum absolute atomic E-state index is 0.186. The Bertz CT molecular complexity index is 616. The topological polar surface area (TPSA) is 60.8 Å². The van der Waals surface area contributed by atoms with Crippen LogP contribution in [0.25, 0.3) is 0 Å². The summed E-state index contributed by atoms with van der Waals surface area (Å²) < 4.78 is 0. The van der Waals surface area contributed by atoms with Gasteiger partial charge in [-0.3, -0.25) is 4.79 Å². The third-order valence-electron chi connectivity index (χ3n) is 3.08. The molecule has 0 saturated heterocycles. The van der Waals surface area contributed by atoms with E-state index >= 15 is 0 Å². The van der Waals surface area contributed by atoms with E-state index in [9.17, 15) is 15.0 Å². The lowest BCUT2D eigenvalue weighted by Crippen LogP contribution is -2.32. The summed E-state index contributed by atoms with van der Waals surface area (Å²) in [5.74, 6) is -0.713. The van der Waals surface area contributed by atoms with Crippen molar-refractivity contribution in [3.8, 4) is 11.5 Å². The van der Waals surface area contributed by atoms with Gasteiger partial charge in [-0.1, -0.05) is 46.3 Å². The monoisotopic (exact) mass is 349 g/mol. The summed E-state index contributed by atoms with van der Waals surface area (Å²) in [4.78, 5) is 14.2. The highest BCUT2D eigenvalue weighted by Gasteiger charge is 2.17. The summed E-state index contributed by atoms with van der Waals surface area (Å²) in [6.45, 7) is 1.04. The molecule has 2 aromatic carbocycles. The first kappa shape index (κ1) is 15.4. The standard InChI is InChI=1S/C16H16BrNO3/c17-8-9-18(11-12-4-2-1-3-5-12)16(21)13-6-7-14(19)15(20)10-13/h1-7,10,19-20H,8-9,11H2. The molecule has 110 valence electrons. The maximum Gasteiger partial charge on any atom is 0.254 e. The number of hydrogen-bond acceptors (Lipinski definition) is 3. The van der Waals surface area contributed by atoms with Gasteiger partial charge in [-0.25, -0.2) is 0 Å². The van der Waals surface area contributed by atoms with Crippen LogP contribution in [-0.2, 0) is 6.54 Å². The molecule has 0 spiro atoms. The maximum atomic E-state index is 12.5. The molecule has 0 aromatic heterocycles. The number of phenolic OH excluding ortho intramolecular Hbond substituents is 2. The SMILES string of the molecule is O=C(c1ccc(O)c(O)c1)N(CCBr)Cc1ccccc1. The molecule has 2 aromatic rings. The van der Waals surface area contributed by atoms with E-state index in [2.05, 4.69) is 15.9 Å². The van der Waals surface area contributed by atoms with Crippen LogP contribution < -0.4 is 0 Å². The molecule has 0 atom stereocenters. The molecule has 0 aliphatic carbocycles. The van der Waals surface area contributed by atoms with Crippen molar-refractivity contribution in [2.24, 2.45) is 0 Å². The van der Waals surface area contributed by atoms with Crippen LogP contribution >= 0.6 is 15.9 Å². The van der Waals surface area contributed by atoms with Crippen molar-refractivity contribution in [3.05, 3.63) is 59.7 Å². The van der Waals surface area contributed by atoms with Crippen LogP contribution in [0.2, 0.25) is 0 Å². The first-order valence-corrected chi connectivity index (χ1v) is 7.65. The Balaban J connectivity index is 2.20. The van der Waals surface area contributed by atoms with Gasteiger partial charge in [-0.05, 0) is 23.8 Å². The van der Waals surface area contributed by atoms with Gasteiger partial charge in [0.25, 0.3) is 5.91 Å². The van der Waals surface area contributed by atoms with Gasteiger partial charge in [0, 0.05) is 24.0 Å². The minimum Gasteiger partial charge on any atom is -0.504 e. The average Bonchev–Trinajstić information content (AvgIpc) is 2.50. The van der Waals surface area contributed by atoms with E-state index in [4.69, 9.17) is 0 Å². The molecule has 0 bridgehead atoms. The molecule has 1 amide bonds. The fourth-order valence-corrected chi connectivity index (χ4v) is 2.43. The number of carbonyl (C=O) groups excluding carboxylic acids is 1. The molecule has 5 heteroatoms. The number of hydrogen-bond donors (Lipinski definition) is 2. The van der Waals surface area contributed by atoms with Crippen LogP contribution in [0.4, 0.5) is 0 Å². The fraction of sp³-hybridized carbons (Fsp3) is 0.188. The molecule has 4 nitrogen and oxygen atoms in total. The van der Waals surface area contributed by atoms with E-state index in [1.807, 2.05) is 30.3 Å². The summed E-state index contributed by atoms with van der Waals surface area (Å²) in [5.41, 5.74) is 1.39. The van der Waals surface area contributed by atoms with Crippen LogP contribution in [-0.4, -0.2) is 32.9 Å². The average molecular weight is 350 g/mol. The molecule has 0 radical (unpaired) electrons. The van der Waals surface area contributed by atoms with Crippen molar-refractivity contribution in [1.82, 2.24) is 4.90 Å². The first-order chi connectivity index (χ1) is 10.1. The van der Waals surface area contributed by atoms with Gasteiger partial charge in [0.2, 0.25) is 0 Å². The second kappa shape index (κ2) is 7.13. The van der Waals surface area contributed by atoms with Gasteiger partial charge in [0.05, 0.1) is 0 Å². The van der Waals surface area contributed by atoms with Crippen molar-refractivity contribution in [2.75, 3.05) is 11.9 Å². The molecule has 2 N–H and O–H groups in total. The highest BCUT2D eigenvalue weighted by Crippen LogP contribution is 2.25. The van der Waals surface area contributed by atoms with Crippen LogP contribution in [0.5, 0.6) is 11.5 Å². The van der Waals surface area contributed by atoms with E-state index in [0.29, 0.717) is 24.0 Å². The maximum absolute atomic E-state index is 12.5. The predicted molar refractivity (Wildman–Crippen MR) is 84.7 cm³/mol. The number of nitrogens with zero attached hydrogens (tertiary/aromatic N) is 1. The van der Waals surface area contributed by atoms with Crippen molar-refractivity contribution < 1.29 is 15.0 Å². The zero-order valence-electron chi connectivity index (χ0n) is 11.4. The number of halogens is 1. The van der Waals surface area contributed by atoms with Gasteiger partial charge >= 0.3 is 0 Å². The number of phenols is 2. The summed E-state index contributed by atoms with van der Waals surface area (Å²) in [6.07, 6.45) is 0. The Morgan fingerprint density at radius 1 is 1.05 bits per heavy atom. The molecular weight excluding hydrogens is 334 g/mol. The Labute approximate surface area is 131 Å². The largest absolute Gasteiger partial charge is 0.504 e. The van der Waals surface area contributed by atoms with Gasteiger partial charge < -0.3 is 15.1 Å². The lowest BCUT2D eigenvalue weighted by molar-refractivity contribution is 0.0754. The van der Waals surface area contributed by atoms with E-state index in [1.165, 1.54) is 18.2 Å². The quantitative estimate of drug-likeness (QED) is 0.643. The van der Waals surface area contributed by atoms with Crippen LogP contribution in [0.3, 0.4) is 0 Å². The molecule has 2 rings (SSSR count). The molecule has 0 fully saturated rings. The number of benzene rings is 2. The van der Waals surface area contributed by atoms with Crippen molar-refractivity contribution in [2.45, 2.75) is 6.54 Å².